The first-order valence-electron chi connectivity index (χ1n) is 30.0. The Kier molecular flexibility index (Phi) is 55.2. The number of hydrogen-bond donors (Lipinski definition) is 0. The van der Waals surface area contributed by atoms with Gasteiger partial charge in [0, 0.05) is 19.3 Å². The number of unbranched alkanes of at least 4 members (excludes halogenated alkanes) is 38. The molecule has 0 rings (SSSR count). The summed E-state index contributed by atoms with van der Waals surface area (Å²) in [6.45, 7) is 6.64. The van der Waals surface area contributed by atoms with Gasteiger partial charge >= 0.3 is 17.9 Å². The van der Waals surface area contributed by atoms with E-state index in [-0.39, 0.29) is 31.1 Å². The third kappa shape index (κ3) is 54.6. The third-order valence-electron chi connectivity index (χ3n) is 13.4. The van der Waals surface area contributed by atoms with E-state index in [0.717, 1.165) is 70.6 Å². The molecule has 0 aromatic rings. The van der Waals surface area contributed by atoms with Crippen LogP contribution in [0, 0.1) is 0 Å². The van der Waals surface area contributed by atoms with Crippen LogP contribution < -0.4 is 0 Å². The number of allylic oxidation sites excluding steroid dienone is 6. The molecular weight excluding hydrogens is 841 g/mol. The van der Waals surface area contributed by atoms with Crippen molar-refractivity contribution in [2.45, 2.75) is 329 Å². The molecule has 0 bridgehead atoms. The SMILES string of the molecule is CCCCC/C=C\C/C=C\CCCCCCCCCC(=O)O[C@@H](COC(=O)CCCCCCCCCCCCCC)COC(=O)CCCCCCCCCCCCC/C=C\CCCCCCCC. The van der Waals surface area contributed by atoms with Gasteiger partial charge in [-0.3, -0.25) is 14.4 Å². The van der Waals surface area contributed by atoms with Crippen LogP contribution in [-0.2, 0) is 28.6 Å². The molecule has 6 nitrogen and oxygen atoms in total. The van der Waals surface area contributed by atoms with E-state index in [2.05, 4.69) is 57.2 Å². The van der Waals surface area contributed by atoms with Gasteiger partial charge in [0.05, 0.1) is 0 Å². The zero-order valence-corrected chi connectivity index (χ0v) is 45.6. The van der Waals surface area contributed by atoms with Gasteiger partial charge in [-0.25, -0.2) is 0 Å². The second-order valence-corrected chi connectivity index (χ2v) is 20.3. The van der Waals surface area contributed by atoms with E-state index in [1.54, 1.807) is 0 Å². The van der Waals surface area contributed by atoms with E-state index in [1.165, 1.54) is 212 Å². The summed E-state index contributed by atoms with van der Waals surface area (Å²) >= 11 is 0. The summed E-state index contributed by atoms with van der Waals surface area (Å²) in [4.78, 5) is 38.2. The predicted molar refractivity (Wildman–Crippen MR) is 293 cm³/mol. The van der Waals surface area contributed by atoms with Crippen molar-refractivity contribution >= 4 is 17.9 Å². The minimum atomic E-state index is -0.773. The molecule has 0 aromatic carbocycles. The molecule has 0 saturated heterocycles. The molecule has 0 unspecified atom stereocenters. The van der Waals surface area contributed by atoms with Gasteiger partial charge in [-0.1, -0.05) is 263 Å². The second kappa shape index (κ2) is 57.2. The summed E-state index contributed by atoms with van der Waals surface area (Å²) in [5.74, 6) is -0.862. The van der Waals surface area contributed by atoms with Crippen molar-refractivity contribution in [1.29, 1.82) is 0 Å². The largest absolute Gasteiger partial charge is 0.462 e. The molecule has 0 saturated carbocycles. The second-order valence-electron chi connectivity index (χ2n) is 20.3. The standard InChI is InChI=1S/C62H114O6/c1-4-7-10-13-16-19-22-25-27-29-30-31-32-34-35-37-40-43-46-49-52-55-61(64)67-58-59(57-66-60(63)54-51-48-45-42-39-24-21-18-15-12-9-6-3)68-62(65)56-53-50-47-44-41-38-36-33-28-26-23-20-17-14-11-8-5-2/h17,20,25-28,59H,4-16,18-19,21-24,29-58H2,1-3H3/b20-17-,27-25-,28-26-/t59-/m0/s1. The van der Waals surface area contributed by atoms with E-state index in [1.807, 2.05) is 0 Å². The number of ether oxygens (including phenoxy) is 3. The van der Waals surface area contributed by atoms with Gasteiger partial charge in [0.1, 0.15) is 13.2 Å². The summed E-state index contributed by atoms with van der Waals surface area (Å²) in [5, 5.41) is 0. The van der Waals surface area contributed by atoms with Crippen LogP contribution in [0.5, 0.6) is 0 Å². The Morgan fingerprint density at radius 2 is 0.529 bits per heavy atom. The van der Waals surface area contributed by atoms with Crippen molar-refractivity contribution < 1.29 is 28.6 Å². The number of hydrogen-bond acceptors (Lipinski definition) is 6. The summed E-state index contributed by atoms with van der Waals surface area (Å²) in [5.41, 5.74) is 0. The van der Waals surface area contributed by atoms with Gasteiger partial charge in [-0.2, -0.15) is 0 Å². The van der Waals surface area contributed by atoms with Crippen LogP contribution in [0.2, 0.25) is 0 Å². The topological polar surface area (TPSA) is 78.9 Å². The minimum absolute atomic E-state index is 0.0717. The third-order valence-corrected chi connectivity index (χ3v) is 13.4. The highest BCUT2D eigenvalue weighted by Gasteiger charge is 2.19. The zero-order chi connectivity index (χ0) is 49.3. The molecule has 0 aliphatic heterocycles. The average molecular weight is 956 g/mol. The van der Waals surface area contributed by atoms with Gasteiger partial charge in [0.2, 0.25) is 0 Å². The fraction of sp³-hybridized carbons (Fsp3) is 0.855. The Hall–Kier alpha value is -2.37. The maximum atomic E-state index is 12.9. The first kappa shape index (κ1) is 65.6. The van der Waals surface area contributed by atoms with Crippen molar-refractivity contribution in [3.8, 4) is 0 Å². The molecule has 0 aromatic heterocycles. The molecule has 0 fully saturated rings. The number of carbonyl (C=O) groups excluding carboxylic acids is 3. The molecule has 0 amide bonds. The summed E-state index contributed by atoms with van der Waals surface area (Å²) in [6.07, 6.45) is 68.5. The molecule has 0 radical (unpaired) electrons. The Bertz CT molecular complexity index is 1140. The van der Waals surface area contributed by atoms with E-state index < -0.39 is 6.10 Å². The van der Waals surface area contributed by atoms with Crippen LogP contribution in [0.4, 0.5) is 0 Å². The van der Waals surface area contributed by atoms with Gasteiger partial charge in [-0.15, -0.1) is 0 Å². The number of carbonyl (C=O) groups is 3. The highest BCUT2D eigenvalue weighted by atomic mass is 16.6. The molecule has 0 aliphatic carbocycles. The maximum Gasteiger partial charge on any atom is 0.306 e. The minimum Gasteiger partial charge on any atom is -0.462 e. The van der Waals surface area contributed by atoms with Crippen LogP contribution >= 0.6 is 0 Å². The van der Waals surface area contributed by atoms with E-state index in [4.69, 9.17) is 14.2 Å². The van der Waals surface area contributed by atoms with E-state index >= 15 is 0 Å². The smallest absolute Gasteiger partial charge is 0.306 e. The predicted octanol–water partition coefficient (Wildman–Crippen LogP) is 20.0. The normalized spacial score (nSPS) is 12.2. The van der Waals surface area contributed by atoms with Crippen molar-refractivity contribution in [2.24, 2.45) is 0 Å². The summed E-state index contributed by atoms with van der Waals surface area (Å²) in [7, 11) is 0. The molecule has 0 N–H and O–H groups in total. The zero-order valence-electron chi connectivity index (χ0n) is 45.6. The van der Waals surface area contributed by atoms with Crippen LogP contribution in [0.3, 0.4) is 0 Å². The van der Waals surface area contributed by atoms with Crippen molar-refractivity contribution in [3.63, 3.8) is 0 Å². The lowest BCUT2D eigenvalue weighted by molar-refractivity contribution is -0.167. The monoisotopic (exact) mass is 955 g/mol. The van der Waals surface area contributed by atoms with Gasteiger partial charge in [0.25, 0.3) is 0 Å². The number of esters is 3. The van der Waals surface area contributed by atoms with Gasteiger partial charge < -0.3 is 14.2 Å². The highest BCUT2D eigenvalue weighted by molar-refractivity contribution is 5.71. The quantitative estimate of drug-likeness (QED) is 0.0262. The van der Waals surface area contributed by atoms with Crippen molar-refractivity contribution in [3.05, 3.63) is 36.5 Å². The Morgan fingerprint density at radius 3 is 0.853 bits per heavy atom. The molecule has 0 spiro atoms. The summed E-state index contributed by atoms with van der Waals surface area (Å²) in [6, 6.07) is 0. The number of rotatable bonds is 55. The first-order valence-corrected chi connectivity index (χ1v) is 30.0. The molecule has 1 atom stereocenters. The Morgan fingerprint density at radius 1 is 0.294 bits per heavy atom. The molecule has 0 heterocycles. The fourth-order valence-electron chi connectivity index (χ4n) is 8.82. The van der Waals surface area contributed by atoms with Crippen molar-refractivity contribution in [2.75, 3.05) is 13.2 Å². The van der Waals surface area contributed by atoms with Gasteiger partial charge in [-0.05, 0) is 77.0 Å². The average Bonchev–Trinajstić information content (AvgIpc) is 3.34. The fourth-order valence-corrected chi connectivity index (χ4v) is 8.82. The lowest BCUT2D eigenvalue weighted by Crippen LogP contribution is -2.30. The molecule has 398 valence electrons. The molecule has 68 heavy (non-hydrogen) atoms. The van der Waals surface area contributed by atoms with Crippen LogP contribution in [0.25, 0.3) is 0 Å². The highest BCUT2D eigenvalue weighted by Crippen LogP contribution is 2.16. The molecule has 0 aliphatic rings. The van der Waals surface area contributed by atoms with E-state index in [0.29, 0.717) is 19.3 Å². The van der Waals surface area contributed by atoms with Gasteiger partial charge in [0.15, 0.2) is 6.10 Å². The van der Waals surface area contributed by atoms with Crippen LogP contribution in [-0.4, -0.2) is 37.2 Å². The first-order chi connectivity index (χ1) is 33.5. The van der Waals surface area contributed by atoms with E-state index in [9.17, 15) is 14.4 Å². The van der Waals surface area contributed by atoms with Crippen molar-refractivity contribution in [1.82, 2.24) is 0 Å². The van der Waals surface area contributed by atoms with Crippen LogP contribution in [0.15, 0.2) is 36.5 Å². The Balaban J connectivity index is 4.29. The lowest BCUT2D eigenvalue weighted by atomic mass is 10.0. The molecule has 6 heteroatoms. The Labute approximate surface area is 423 Å². The van der Waals surface area contributed by atoms with Crippen LogP contribution in [0.1, 0.15) is 323 Å². The lowest BCUT2D eigenvalue weighted by Gasteiger charge is -2.18. The maximum absolute atomic E-state index is 12.9. The summed E-state index contributed by atoms with van der Waals surface area (Å²) < 4.78 is 16.9. The molecular formula is C62H114O6.